The minimum Gasteiger partial charge on any atom is -0.287 e. The summed E-state index contributed by atoms with van der Waals surface area (Å²) in [4.78, 5) is 5.73. The molecule has 2 nitrogen and oxygen atoms in total. The molecule has 4 aromatic rings. The van der Waals surface area contributed by atoms with Crippen LogP contribution in [0, 0.1) is 19.7 Å². The van der Waals surface area contributed by atoms with Crippen molar-refractivity contribution in [2.24, 2.45) is 0 Å². The molecule has 104 valence electrons. The lowest BCUT2D eigenvalue weighted by atomic mass is 10.1. The zero-order valence-electron chi connectivity index (χ0n) is 11.7. The van der Waals surface area contributed by atoms with Crippen molar-refractivity contribution in [3.8, 4) is 11.3 Å². The van der Waals surface area contributed by atoms with Gasteiger partial charge in [-0.15, -0.1) is 0 Å². The van der Waals surface area contributed by atoms with Crippen LogP contribution in [-0.4, -0.2) is 9.38 Å². The largest absolute Gasteiger partial charge is 0.287 e. The van der Waals surface area contributed by atoms with E-state index in [4.69, 9.17) is 4.98 Å². The van der Waals surface area contributed by atoms with Gasteiger partial charge in [-0.05, 0) is 49.7 Å². The Kier molecular flexibility index (Phi) is 2.62. The van der Waals surface area contributed by atoms with E-state index in [9.17, 15) is 4.39 Å². The molecule has 0 atom stereocenters. The number of fused-ring (bicyclic) bond motifs is 3. The molecule has 2 aromatic carbocycles. The Morgan fingerprint density at radius 2 is 1.81 bits per heavy atom. The zero-order valence-corrected chi connectivity index (χ0v) is 12.5. The van der Waals surface area contributed by atoms with Gasteiger partial charge < -0.3 is 0 Å². The highest BCUT2D eigenvalue weighted by molar-refractivity contribution is 7.23. The summed E-state index contributed by atoms with van der Waals surface area (Å²) < 4.78 is 16.5. The number of imidazole rings is 1. The van der Waals surface area contributed by atoms with Gasteiger partial charge >= 0.3 is 0 Å². The molecule has 0 unspecified atom stereocenters. The van der Waals surface area contributed by atoms with Crippen LogP contribution in [0.1, 0.15) is 11.3 Å². The molecule has 0 aliphatic heterocycles. The molecule has 0 bridgehead atoms. The van der Waals surface area contributed by atoms with Crippen LogP contribution in [0.25, 0.3) is 26.4 Å². The van der Waals surface area contributed by atoms with E-state index in [1.165, 1.54) is 27.9 Å². The van der Waals surface area contributed by atoms with E-state index in [1.807, 2.05) is 0 Å². The average Bonchev–Trinajstić information content (AvgIpc) is 2.98. The lowest BCUT2D eigenvalue weighted by Gasteiger charge is -2.02. The van der Waals surface area contributed by atoms with Crippen molar-refractivity contribution in [2.45, 2.75) is 13.8 Å². The SMILES string of the molecule is Cc1cccc2sc3nc(-c4ccc(F)cc4)c(C)n3c12. The molecule has 0 aliphatic rings. The van der Waals surface area contributed by atoms with Gasteiger partial charge in [0.2, 0.25) is 0 Å². The summed E-state index contributed by atoms with van der Waals surface area (Å²) in [6.45, 7) is 4.18. The van der Waals surface area contributed by atoms with Gasteiger partial charge in [0.15, 0.2) is 4.96 Å². The van der Waals surface area contributed by atoms with Crippen molar-refractivity contribution in [3.05, 3.63) is 59.5 Å². The van der Waals surface area contributed by atoms with E-state index in [-0.39, 0.29) is 5.82 Å². The van der Waals surface area contributed by atoms with Gasteiger partial charge in [0, 0.05) is 11.3 Å². The van der Waals surface area contributed by atoms with Crippen LogP contribution in [0.15, 0.2) is 42.5 Å². The summed E-state index contributed by atoms with van der Waals surface area (Å²) in [5, 5.41) is 0. The first-order valence-electron chi connectivity index (χ1n) is 6.78. The fourth-order valence-electron chi connectivity index (χ4n) is 2.79. The maximum absolute atomic E-state index is 13.1. The lowest BCUT2D eigenvalue weighted by molar-refractivity contribution is 0.628. The first kappa shape index (κ1) is 12.5. The number of thiazole rings is 1. The molecule has 0 amide bonds. The molecule has 4 heteroatoms. The van der Waals surface area contributed by atoms with Crippen molar-refractivity contribution in [3.63, 3.8) is 0 Å². The molecule has 0 saturated carbocycles. The number of aryl methyl sites for hydroxylation is 2. The molecule has 0 N–H and O–H groups in total. The number of nitrogens with zero attached hydrogens (tertiary/aromatic N) is 2. The quantitative estimate of drug-likeness (QED) is 0.484. The summed E-state index contributed by atoms with van der Waals surface area (Å²) in [7, 11) is 0. The third-order valence-electron chi connectivity index (χ3n) is 3.82. The molecule has 2 heterocycles. The summed E-state index contributed by atoms with van der Waals surface area (Å²) in [6.07, 6.45) is 0. The molecule has 0 fully saturated rings. The number of rotatable bonds is 1. The van der Waals surface area contributed by atoms with Crippen LogP contribution in [0.4, 0.5) is 4.39 Å². The number of hydrogen-bond acceptors (Lipinski definition) is 2. The maximum atomic E-state index is 13.1. The number of para-hydroxylation sites is 1. The topological polar surface area (TPSA) is 17.3 Å². The molecular weight excluding hydrogens is 283 g/mol. The Labute approximate surface area is 125 Å². The zero-order chi connectivity index (χ0) is 14.6. The van der Waals surface area contributed by atoms with Crippen molar-refractivity contribution < 1.29 is 4.39 Å². The lowest BCUT2D eigenvalue weighted by Crippen LogP contribution is -1.88. The van der Waals surface area contributed by atoms with Crippen LogP contribution in [-0.2, 0) is 0 Å². The van der Waals surface area contributed by atoms with Gasteiger partial charge in [-0.25, -0.2) is 9.37 Å². The third-order valence-corrected chi connectivity index (χ3v) is 4.83. The molecule has 2 aromatic heterocycles. The second kappa shape index (κ2) is 4.40. The first-order valence-corrected chi connectivity index (χ1v) is 7.60. The normalized spacial score (nSPS) is 11.6. The highest BCUT2D eigenvalue weighted by atomic mass is 32.1. The molecule has 0 spiro atoms. The number of benzene rings is 2. The Morgan fingerprint density at radius 3 is 2.57 bits per heavy atom. The number of halogens is 1. The fourth-order valence-corrected chi connectivity index (χ4v) is 3.94. The van der Waals surface area contributed by atoms with Crippen molar-refractivity contribution in [1.82, 2.24) is 9.38 Å². The number of aromatic nitrogens is 2. The van der Waals surface area contributed by atoms with E-state index in [1.54, 1.807) is 23.5 Å². The van der Waals surface area contributed by atoms with Gasteiger partial charge in [-0.1, -0.05) is 23.5 Å². The van der Waals surface area contributed by atoms with Gasteiger partial charge in [-0.3, -0.25) is 4.40 Å². The van der Waals surface area contributed by atoms with Crippen LogP contribution < -0.4 is 0 Å². The van der Waals surface area contributed by atoms with Crippen molar-refractivity contribution >= 4 is 26.5 Å². The summed E-state index contributed by atoms with van der Waals surface area (Å²) >= 11 is 1.69. The Bertz CT molecular complexity index is 964. The van der Waals surface area contributed by atoms with Crippen LogP contribution in [0.2, 0.25) is 0 Å². The Hall–Kier alpha value is -2.20. The number of hydrogen-bond donors (Lipinski definition) is 0. The van der Waals surface area contributed by atoms with Crippen LogP contribution in [0.5, 0.6) is 0 Å². The maximum Gasteiger partial charge on any atom is 0.195 e. The average molecular weight is 296 g/mol. The standard InChI is InChI=1S/C17H13FN2S/c1-10-4-3-5-14-16(10)20-11(2)15(19-17(20)21-14)12-6-8-13(18)9-7-12/h3-9H,1-2H3. The predicted octanol–water partition coefficient (Wildman–Crippen LogP) is 4.97. The van der Waals surface area contributed by atoms with E-state index < -0.39 is 0 Å². The monoisotopic (exact) mass is 296 g/mol. The van der Waals surface area contributed by atoms with Crippen molar-refractivity contribution in [1.29, 1.82) is 0 Å². The minimum absolute atomic E-state index is 0.223. The van der Waals surface area contributed by atoms with Gasteiger partial charge in [-0.2, -0.15) is 0 Å². The van der Waals surface area contributed by atoms with Crippen LogP contribution in [0.3, 0.4) is 0 Å². The molecule has 0 radical (unpaired) electrons. The van der Waals surface area contributed by atoms with E-state index >= 15 is 0 Å². The molecule has 0 aliphatic carbocycles. The van der Waals surface area contributed by atoms with E-state index in [2.05, 4.69) is 36.4 Å². The first-order chi connectivity index (χ1) is 10.1. The van der Waals surface area contributed by atoms with Gasteiger partial charge in [0.25, 0.3) is 0 Å². The molecule has 0 saturated heterocycles. The fraction of sp³-hybridized carbons (Fsp3) is 0.118. The summed E-state index contributed by atoms with van der Waals surface area (Å²) in [5.41, 5.74) is 5.43. The van der Waals surface area contributed by atoms with E-state index in [0.717, 1.165) is 21.9 Å². The van der Waals surface area contributed by atoms with Gasteiger partial charge in [0.1, 0.15) is 5.82 Å². The molecule has 4 rings (SSSR count). The third kappa shape index (κ3) is 1.79. The van der Waals surface area contributed by atoms with Crippen molar-refractivity contribution in [2.75, 3.05) is 0 Å². The highest BCUT2D eigenvalue weighted by Crippen LogP contribution is 2.33. The Balaban J connectivity index is 2.05. The van der Waals surface area contributed by atoms with E-state index in [0.29, 0.717) is 0 Å². The minimum atomic E-state index is -0.223. The Morgan fingerprint density at radius 1 is 1.05 bits per heavy atom. The predicted molar refractivity (Wildman–Crippen MR) is 85.4 cm³/mol. The molecular formula is C17H13FN2S. The molecule has 21 heavy (non-hydrogen) atoms. The smallest absolute Gasteiger partial charge is 0.195 e. The second-order valence-corrected chi connectivity index (χ2v) is 6.20. The van der Waals surface area contributed by atoms with Gasteiger partial charge in [0.05, 0.1) is 15.9 Å². The van der Waals surface area contributed by atoms with Crippen LogP contribution >= 0.6 is 11.3 Å². The summed E-state index contributed by atoms with van der Waals surface area (Å²) in [5.74, 6) is -0.223. The highest BCUT2D eigenvalue weighted by Gasteiger charge is 2.16. The summed E-state index contributed by atoms with van der Waals surface area (Å²) in [6, 6.07) is 12.8. The second-order valence-electron chi connectivity index (χ2n) is 5.19.